The minimum Gasteiger partial charge on any atom is -0.482 e. The fraction of sp³-hybridized carbons (Fsp3) is 0.158. The predicted molar refractivity (Wildman–Crippen MR) is 97.7 cm³/mol. The van der Waals surface area contributed by atoms with Crippen LogP contribution in [0.1, 0.15) is 20.7 Å². The summed E-state index contributed by atoms with van der Waals surface area (Å²) in [6.07, 6.45) is 0. The fourth-order valence-corrected chi connectivity index (χ4v) is 2.66. The molecule has 0 radical (unpaired) electrons. The topological polar surface area (TPSA) is 122 Å². The van der Waals surface area contributed by atoms with Gasteiger partial charge in [0.25, 0.3) is 5.91 Å². The van der Waals surface area contributed by atoms with Crippen LogP contribution in [0.2, 0.25) is 0 Å². The Kier molecular flexibility index (Phi) is 5.25. The number of carbonyl (C=O) groups excluding carboxylic acids is 3. The number of carbonyl (C=O) groups is 4. The summed E-state index contributed by atoms with van der Waals surface area (Å²) in [6.45, 7) is -0.572. The van der Waals surface area contributed by atoms with Crippen molar-refractivity contribution < 1.29 is 33.8 Å². The van der Waals surface area contributed by atoms with E-state index in [0.29, 0.717) is 17.0 Å². The van der Waals surface area contributed by atoms with E-state index in [9.17, 15) is 19.2 Å². The van der Waals surface area contributed by atoms with Crippen molar-refractivity contribution in [1.82, 2.24) is 0 Å². The molecule has 144 valence electrons. The number of fused-ring (bicyclic) bond motifs is 1. The van der Waals surface area contributed by atoms with Gasteiger partial charge in [0.1, 0.15) is 12.3 Å². The molecule has 9 nitrogen and oxygen atoms in total. The normalized spacial score (nSPS) is 12.6. The van der Waals surface area contributed by atoms with E-state index in [0.717, 1.165) is 0 Å². The number of nitrogens with zero attached hydrogens (tertiary/aromatic N) is 1. The van der Waals surface area contributed by atoms with Gasteiger partial charge in [-0.15, -0.1) is 0 Å². The van der Waals surface area contributed by atoms with Gasteiger partial charge in [0.05, 0.1) is 23.9 Å². The highest BCUT2D eigenvalue weighted by Crippen LogP contribution is 2.33. The Morgan fingerprint density at radius 2 is 1.82 bits per heavy atom. The molecule has 0 saturated heterocycles. The van der Waals surface area contributed by atoms with Crippen LogP contribution >= 0.6 is 0 Å². The lowest BCUT2D eigenvalue weighted by Gasteiger charge is -2.29. The summed E-state index contributed by atoms with van der Waals surface area (Å²) in [6, 6.07) is 10.1. The van der Waals surface area contributed by atoms with E-state index in [4.69, 9.17) is 9.84 Å². The standard InChI is InChI=1S/C19H16N2O7/c1-27-19(26)11-2-5-13(6-3-11)20-16(22)9-21-14-8-12(18(24)25)4-7-15(14)28-10-17(21)23/h2-8H,9-10H2,1H3,(H,20,22)(H,24,25). The Labute approximate surface area is 159 Å². The van der Waals surface area contributed by atoms with E-state index in [1.54, 1.807) is 0 Å². The summed E-state index contributed by atoms with van der Waals surface area (Å²) in [5.41, 5.74) is 0.949. The molecule has 2 aromatic rings. The van der Waals surface area contributed by atoms with Gasteiger partial charge in [-0.3, -0.25) is 14.5 Å². The van der Waals surface area contributed by atoms with Crippen molar-refractivity contribution in [3.05, 3.63) is 53.6 Å². The van der Waals surface area contributed by atoms with Crippen molar-refractivity contribution in [2.45, 2.75) is 0 Å². The summed E-state index contributed by atoms with van der Waals surface area (Å²) < 4.78 is 9.89. The van der Waals surface area contributed by atoms with Crippen LogP contribution in [0.25, 0.3) is 0 Å². The molecule has 1 aliphatic rings. The maximum absolute atomic E-state index is 12.4. The summed E-state index contributed by atoms with van der Waals surface area (Å²) in [5.74, 6) is -2.29. The highest BCUT2D eigenvalue weighted by Gasteiger charge is 2.28. The maximum atomic E-state index is 12.4. The number of carboxylic acid groups (broad SMARTS) is 1. The van der Waals surface area contributed by atoms with Gasteiger partial charge in [0, 0.05) is 5.69 Å². The van der Waals surface area contributed by atoms with Gasteiger partial charge in [-0.2, -0.15) is 0 Å². The number of hydrogen-bond acceptors (Lipinski definition) is 6. The number of rotatable bonds is 5. The predicted octanol–water partition coefficient (Wildman–Crippen LogP) is 1.54. The first-order valence-electron chi connectivity index (χ1n) is 8.18. The number of nitrogens with one attached hydrogen (secondary N) is 1. The summed E-state index contributed by atoms with van der Waals surface area (Å²) in [7, 11) is 1.27. The lowest BCUT2D eigenvalue weighted by molar-refractivity contribution is -0.123. The van der Waals surface area contributed by atoms with E-state index in [1.807, 2.05) is 0 Å². The van der Waals surface area contributed by atoms with Gasteiger partial charge in [0.2, 0.25) is 5.91 Å². The number of esters is 1. The van der Waals surface area contributed by atoms with Gasteiger partial charge in [-0.05, 0) is 42.5 Å². The molecule has 2 aromatic carbocycles. The number of aromatic carboxylic acids is 1. The molecule has 2 amide bonds. The number of hydrogen-bond donors (Lipinski definition) is 2. The molecule has 0 unspecified atom stereocenters. The van der Waals surface area contributed by atoms with Crippen LogP contribution in [0.4, 0.5) is 11.4 Å². The molecule has 0 spiro atoms. The molecular formula is C19H16N2O7. The lowest BCUT2D eigenvalue weighted by atomic mass is 10.1. The van der Waals surface area contributed by atoms with E-state index < -0.39 is 23.8 Å². The third-order valence-corrected chi connectivity index (χ3v) is 4.04. The summed E-state index contributed by atoms with van der Waals surface area (Å²) >= 11 is 0. The average molecular weight is 384 g/mol. The van der Waals surface area contributed by atoms with Crippen molar-refractivity contribution in [1.29, 1.82) is 0 Å². The van der Waals surface area contributed by atoms with E-state index in [2.05, 4.69) is 10.1 Å². The fourth-order valence-electron chi connectivity index (χ4n) is 2.66. The molecule has 0 saturated carbocycles. The zero-order valence-corrected chi connectivity index (χ0v) is 14.8. The average Bonchev–Trinajstić information content (AvgIpc) is 2.69. The Bertz CT molecular complexity index is 953. The van der Waals surface area contributed by atoms with E-state index >= 15 is 0 Å². The van der Waals surface area contributed by atoms with Gasteiger partial charge >= 0.3 is 11.9 Å². The Morgan fingerprint density at radius 3 is 2.46 bits per heavy atom. The Morgan fingerprint density at radius 1 is 1.14 bits per heavy atom. The molecule has 2 N–H and O–H groups in total. The second-order valence-electron chi connectivity index (χ2n) is 5.87. The molecule has 0 fully saturated rings. The van der Waals surface area contributed by atoms with Crippen LogP contribution in [-0.2, 0) is 14.3 Å². The van der Waals surface area contributed by atoms with Crippen molar-refractivity contribution in [2.24, 2.45) is 0 Å². The largest absolute Gasteiger partial charge is 0.482 e. The van der Waals surface area contributed by atoms with Gasteiger partial charge in [-0.25, -0.2) is 9.59 Å². The SMILES string of the molecule is COC(=O)c1ccc(NC(=O)CN2C(=O)COc3ccc(C(=O)O)cc32)cc1. The molecule has 1 heterocycles. The van der Waals surface area contributed by atoms with Crippen LogP contribution in [0.5, 0.6) is 5.75 Å². The molecule has 28 heavy (non-hydrogen) atoms. The monoisotopic (exact) mass is 384 g/mol. The maximum Gasteiger partial charge on any atom is 0.337 e. The van der Waals surface area contributed by atoms with Crippen LogP contribution in [0.3, 0.4) is 0 Å². The third kappa shape index (κ3) is 3.93. The smallest absolute Gasteiger partial charge is 0.337 e. The van der Waals surface area contributed by atoms with E-state index in [1.165, 1.54) is 54.5 Å². The molecule has 0 bridgehead atoms. The van der Waals surface area contributed by atoms with Gasteiger partial charge in [-0.1, -0.05) is 0 Å². The molecule has 1 aliphatic heterocycles. The molecule has 0 aliphatic carbocycles. The van der Waals surface area contributed by atoms with Crippen molar-refractivity contribution >= 4 is 35.1 Å². The van der Waals surface area contributed by atoms with Crippen molar-refractivity contribution in [3.63, 3.8) is 0 Å². The second kappa shape index (κ2) is 7.78. The van der Waals surface area contributed by atoms with Crippen molar-refractivity contribution in [2.75, 3.05) is 30.5 Å². The van der Waals surface area contributed by atoms with Gasteiger partial charge in [0.15, 0.2) is 6.61 Å². The molecular weight excluding hydrogens is 368 g/mol. The quantitative estimate of drug-likeness (QED) is 0.750. The summed E-state index contributed by atoms with van der Waals surface area (Å²) in [5, 5.41) is 11.8. The molecule has 0 atom stereocenters. The number of carboxylic acids is 1. The first-order chi connectivity index (χ1) is 13.4. The first-order valence-corrected chi connectivity index (χ1v) is 8.18. The zero-order valence-electron chi connectivity index (χ0n) is 14.8. The Hall–Kier alpha value is -3.88. The number of anilines is 2. The lowest BCUT2D eigenvalue weighted by Crippen LogP contribution is -2.43. The number of methoxy groups -OCH3 is 1. The van der Waals surface area contributed by atoms with Crippen molar-refractivity contribution in [3.8, 4) is 5.75 Å². The van der Waals surface area contributed by atoms with Crippen LogP contribution in [0, 0.1) is 0 Å². The van der Waals surface area contributed by atoms with Crippen LogP contribution in [0.15, 0.2) is 42.5 Å². The molecule has 0 aromatic heterocycles. The van der Waals surface area contributed by atoms with Crippen LogP contribution in [-0.4, -0.2) is 49.1 Å². The number of amides is 2. The van der Waals surface area contributed by atoms with E-state index in [-0.39, 0.29) is 24.4 Å². The molecule has 9 heteroatoms. The Balaban J connectivity index is 1.75. The molecule has 3 rings (SSSR count). The highest BCUT2D eigenvalue weighted by molar-refractivity contribution is 6.06. The van der Waals surface area contributed by atoms with Crippen LogP contribution < -0.4 is 15.0 Å². The number of benzene rings is 2. The third-order valence-electron chi connectivity index (χ3n) is 4.04. The first kappa shape index (κ1) is 18.9. The minimum atomic E-state index is -1.16. The number of ether oxygens (including phenoxy) is 2. The van der Waals surface area contributed by atoms with Gasteiger partial charge < -0.3 is 19.9 Å². The second-order valence-corrected chi connectivity index (χ2v) is 5.87. The minimum absolute atomic E-state index is 0.0270. The zero-order chi connectivity index (χ0) is 20.3. The summed E-state index contributed by atoms with van der Waals surface area (Å²) in [4.78, 5) is 48.4. The highest BCUT2D eigenvalue weighted by atomic mass is 16.5.